The number of hydrogen-bond acceptors (Lipinski definition) is 1. The van der Waals surface area contributed by atoms with Crippen LogP contribution in [0.15, 0.2) is 18.2 Å². The number of carbonyl (C=O) groups excluding carboxylic acids is 1. The van der Waals surface area contributed by atoms with Gasteiger partial charge in [0.05, 0.1) is 0 Å². The van der Waals surface area contributed by atoms with Gasteiger partial charge in [0, 0.05) is 5.92 Å². The molecule has 3 rings (SSSR count). The maximum atomic E-state index is 10.8. The predicted octanol–water partition coefficient (Wildman–Crippen LogP) is 3.07. The number of carbonyl (C=O) groups is 1. The third kappa shape index (κ3) is 1.27. The molecule has 0 saturated heterocycles. The molecule has 2 aliphatic carbocycles. The average molecular weight is 214 g/mol. The summed E-state index contributed by atoms with van der Waals surface area (Å²) in [6, 6.07) is 6.84. The van der Waals surface area contributed by atoms with E-state index < -0.39 is 0 Å². The molecule has 0 N–H and O–H groups in total. The van der Waals surface area contributed by atoms with Crippen LogP contribution in [0.1, 0.15) is 43.4 Å². The summed E-state index contributed by atoms with van der Waals surface area (Å²) in [7, 11) is 0. The Morgan fingerprint density at radius 2 is 2.06 bits per heavy atom. The quantitative estimate of drug-likeness (QED) is 0.657. The summed E-state index contributed by atoms with van der Waals surface area (Å²) < 4.78 is 0. The van der Waals surface area contributed by atoms with Crippen molar-refractivity contribution in [1.82, 2.24) is 0 Å². The van der Waals surface area contributed by atoms with E-state index in [1.165, 1.54) is 16.7 Å². The van der Waals surface area contributed by atoms with Crippen molar-refractivity contribution in [1.29, 1.82) is 0 Å². The minimum Gasteiger partial charge on any atom is -0.303 e. The molecule has 3 atom stereocenters. The Labute approximate surface area is 96.9 Å². The third-order valence-corrected chi connectivity index (χ3v) is 4.21. The second-order valence-electron chi connectivity index (χ2n) is 6.27. The third-order valence-electron chi connectivity index (χ3n) is 4.21. The van der Waals surface area contributed by atoms with Gasteiger partial charge >= 0.3 is 0 Å². The lowest BCUT2D eigenvalue weighted by atomic mass is 9.85. The zero-order chi connectivity index (χ0) is 11.5. The zero-order valence-corrected chi connectivity index (χ0v) is 10.2. The van der Waals surface area contributed by atoms with E-state index in [9.17, 15) is 4.79 Å². The van der Waals surface area contributed by atoms with Crippen LogP contribution in [-0.2, 0) is 16.6 Å². The summed E-state index contributed by atoms with van der Waals surface area (Å²) in [4.78, 5) is 10.8. The van der Waals surface area contributed by atoms with E-state index in [1.54, 1.807) is 0 Å². The lowest BCUT2D eigenvalue weighted by molar-refractivity contribution is -0.109. The SMILES string of the molecule is CC(C)(C)c1ccc2c(c1)C[C@H]1[C@@H](C=O)[C@@H]21. The summed E-state index contributed by atoms with van der Waals surface area (Å²) in [6.07, 6.45) is 2.27. The molecule has 1 fully saturated rings. The number of rotatable bonds is 1. The molecule has 2 aliphatic rings. The summed E-state index contributed by atoms with van der Waals surface area (Å²) >= 11 is 0. The van der Waals surface area contributed by atoms with Crippen molar-refractivity contribution in [3.8, 4) is 0 Å². The first-order valence-corrected chi connectivity index (χ1v) is 6.11. The van der Waals surface area contributed by atoms with Crippen LogP contribution < -0.4 is 0 Å². The van der Waals surface area contributed by atoms with Gasteiger partial charge in [-0.25, -0.2) is 0 Å². The van der Waals surface area contributed by atoms with E-state index in [4.69, 9.17) is 0 Å². The van der Waals surface area contributed by atoms with Crippen molar-refractivity contribution >= 4 is 6.29 Å². The first-order chi connectivity index (χ1) is 7.52. The highest BCUT2D eigenvalue weighted by Gasteiger charge is 2.55. The molecule has 0 bridgehead atoms. The fraction of sp³-hybridized carbons (Fsp3) is 0.533. The van der Waals surface area contributed by atoms with Gasteiger partial charge < -0.3 is 4.79 Å². The largest absolute Gasteiger partial charge is 0.303 e. The van der Waals surface area contributed by atoms with Crippen LogP contribution in [0.3, 0.4) is 0 Å². The van der Waals surface area contributed by atoms with E-state index >= 15 is 0 Å². The normalized spacial score (nSPS) is 30.8. The molecule has 1 aromatic rings. The van der Waals surface area contributed by atoms with Crippen LogP contribution in [0.5, 0.6) is 0 Å². The van der Waals surface area contributed by atoms with E-state index in [1.807, 2.05) is 0 Å². The average Bonchev–Trinajstić information content (AvgIpc) is 2.77. The molecule has 84 valence electrons. The summed E-state index contributed by atoms with van der Waals surface area (Å²) in [6.45, 7) is 6.75. The van der Waals surface area contributed by atoms with Gasteiger partial charge in [0.2, 0.25) is 0 Å². The van der Waals surface area contributed by atoms with Crippen LogP contribution in [0, 0.1) is 11.8 Å². The zero-order valence-electron chi connectivity index (χ0n) is 10.2. The molecule has 0 aromatic heterocycles. The van der Waals surface area contributed by atoms with Crippen molar-refractivity contribution in [2.45, 2.75) is 38.5 Å². The molecule has 1 nitrogen and oxygen atoms in total. The van der Waals surface area contributed by atoms with Gasteiger partial charge in [-0.15, -0.1) is 0 Å². The second-order valence-corrected chi connectivity index (χ2v) is 6.27. The van der Waals surface area contributed by atoms with Gasteiger partial charge in [0.1, 0.15) is 6.29 Å². The summed E-state index contributed by atoms with van der Waals surface area (Å²) in [5.74, 6) is 1.51. The monoisotopic (exact) mass is 214 g/mol. The Hall–Kier alpha value is -1.11. The van der Waals surface area contributed by atoms with Crippen molar-refractivity contribution < 1.29 is 4.79 Å². The Morgan fingerprint density at radius 3 is 2.69 bits per heavy atom. The van der Waals surface area contributed by atoms with Gasteiger partial charge in [0.15, 0.2) is 0 Å². The Kier molecular flexibility index (Phi) is 1.87. The number of aldehydes is 1. The molecular formula is C15H18O. The minimum atomic E-state index is 0.228. The smallest absolute Gasteiger partial charge is 0.124 e. The Bertz CT molecular complexity index is 453. The highest BCUT2D eigenvalue weighted by molar-refractivity contribution is 5.66. The maximum Gasteiger partial charge on any atom is 0.124 e. The highest BCUT2D eigenvalue weighted by Crippen LogP contribution is 2.60. The molecule has 0 heterocycles. The highest BCUT2D eigenvalue weighted by atomic mass is 16.1. The molecule has 0 spiro atoms. The van der Waals surface area contributed by atoms with Crippen LogP contribution in [0.4, 0.5) is 0 Å². The van der Waals surface area contributed by atoms with E-state index in [-0.39, 0.29) is 5.41 Å². The minimum absolute atomic E-state index is 0.228. The number of hydrogen-bond donors (Lipinski definition) is 0. The van der Waals surface area contributed by atoms with Crippen LogP contribution in [-0.4, -0.2) is 6.29 Å². The molecule has 0 aliphatic heterocycles. The topological polar surface area (TPSA) is 17.1 Å². The van der Waals surface area contributed by atoms with E-state index in [0.29, 0.717) is 17.8 Å². The van der Waals surface area contributed by atoms with Crippen molar-refractivity contribution in [2.75, 3.05) is 0 Å². The van der Waals surface area contributed by atoms with Gasteiger partial charge in [-0.2, -0.15) is 0 Å². The molecule has 0 amide bonds. The molecular weight excluding hydrogens is 196 g/mol. The lowest BCUT2D eigenvalue weighted by Crippen LogP contribution is -2.11. The standard InChI is InChI=1S/C15H18O/c1-15(2,3)10-4-5-11-9(6-10)7-12-13(8-16)14(11)12/h4-6,8,12-14H,7H2,1-3H3/t12-,13+,14-/m0/s1. The van der Waals surface area contributed by atoms with Crippen LogP contribution in [0.25, 0.3) is 0 Å². The van der Waals surface area contributed by atoms with Crippen molar-refractivity contribution in [2.24, 2.45) is 11.8 Å². The molecule has 0 radical (unpaired) electrons. The van der Waals surface area contributed by atoms with E-state index in [0.717, 1.165) is 12.7 Å². The van der Waals surface area contributed by atoms with Gasteiger partial charge in [-0.3, -0.25) is 0 Å². The first-order valence-electron chi connectivity index (χ1n) is 6.11. The fourth-order valence-corrected chi connectivity index (χ4v) is 3.12. The van der Waals surface area contributed by atoms with Crippen molar-refractivity contribution in [3.63, 3.8) is 0 Å². The van der Waals surface area contributed by atoms with Crippen molar-refractivity contribution in [3.05, 3.63) is 34.9 Å². The molecule has 16 heavy (non-hydrogen) atoms. The summed E-state index contributed by atoms with van der Waals surface area (Å²) in [5, 5.41) is 0. The van der Waals surface area contributed by atoms with Gasteiger partial charge in [-0.1, -0.05) is 39.0 Å². The van der Waals surface area contributed by atoms with Gasteiger partial charge in [-0.05, 0) is 40.4 Å². The Balaban J connectivity index is 1.97. The molecule has 1 aromatic carbocycles. The van der Waals surface area contributed by atoms with Crippen LogP contribution >= 0.6 is 0 Å². The first kappa shape index (κ1) is 10.1. The van der Waals surface area contributed by atoms with Gasteiger partial charge in [0.25, 0.3) is 0 Å². The fourth-order valence-electron chi connectivity index (χ4n) is 3.12. The molecule has 1 heteroatoms. The maximum absolute atomic E-state index is 10.8. The van der Waals surface area contributed by atoms with Crippen LogP contribution in [0.2, 0.25) is 0 Å². The summed E-state index contributed by atoms with van der Waals surface area (Å²) in [5.41, 5.74) is 4.57. The Morgan fingerprint density at radius 1 is 1.31 bits per heavy atom. The molecule has 0 unspecified atom stereocenters. The molecule has 1 saturated carbocycles. The van der Waals surface area contributed by atoms with E-state index in [2.05, 4.69) is 39.0 Å². The predicted molar refractivity (Wildman–Crippen MR) is 64.6 cm³/mol. The lowest BCUT2D eigenvalue weighted by Gasteiger charge is -2.20. The second kappa shape index (κ2) is 2.97. The number of fused-ring (bicyclic) bond motifs is 3. The number of benzene rings is 1.